The van der Waals surface area contributed by atoms with Crippen LogP contribution in [0.5, 0.6) is 5.75 Å². The van der Waals surface area contributed by atoms with Crippen LogP contribution in [-0.4, -0.2) is 33.0 Å². The Morgan fingerprint density at radius 1 is 1.38 bits per heavy atom. The van der Waals surface area contributed by atoms with Crippen LogP contribution in [0.15, 0.2) is 18.2 Å². The molecule has 0 spiro atoms. The molecule has 1 aliphatic rings. The average molecular weight is 293 g/mol. The van der Waals surface area contributed by atoms with E-state index in [4.69, 9.17) is 14.2 Å². The monoisotopic (exact) mass is 293 g/mol. The minimum Gasteiger partial charge on any atom is -0.496 e. The topological polar surface area (TPSA) is 39.7 Å². The SMILES string of the molecule is COc1ccc(CNC(C)C)cc1COCC1CCOC1. The first-order valence-corrected chi connectivity index (χ1v) is 7.73. The van der Waals surface area contributed by atoms with Gasteiger partial charge < -0.3 is 19.5 Å². The van der Waals surface area contributed by atoms with Gasteiger partial charge in [-0.05, 0) is 24.1 Å². The summed E-state index contributed by atoms with van der Waals surface area (Å²) in [5, 5.41) is 3.43. The van der Waals surface area contributed by atoms with Crippen LogP contribution in [0.25, 0.3) is 0 Å². The van der Waals surface area contributed by atoms with Crippen LogP contribution in [-0.2, 0) is 22.6 Å². The van der Waals surface area contributed by atoms with E-state index in [9.17, 15) is 0 Å². The highest BCUT2D eigenvalue weighted by molar-refractivity contribution is 5.36. The van der Waals surface area contributed by atoms with Crippen molar-refractivity contribution in [3.63, 3.8) is 0 Å². The third kappa shape index (κ3) is 5.30. The van der Waals surface area contributed by atoms with Crippen molar-refractivity contribution in [1.29, 1.82) is 0 Å². The fourth-order valence-corrected chi connectivity index (χ4v) is 2.43. The number of benzene rings is 1. The normalized spacial score (nSPS) is 18.4. The van der Waals surface area contributed by atoms with E-state index in [-0.39, 0.29) is 0 Å². The second kappa shape index (κ2) is 8.37. The molecule has 118 valence electrons. The van der Waals surface area contributed by atoms with Crippen molar-refractivity contribution in [2.24, 2.45) is 5.92 Å². The fourth-order valence-electron chi connectivity index (χ4n) is 2.43. The van der Waals surface area contributed by atoms with Crippen molar-refractivity contribution in [3.05, 3.63) is 29.3 Å². The molecule has 1 aromatic rings. The predicted octanol–water partition coefficient (Wildman–Crippen LogP) is 2.75. The van der Waals surface area contributed by atoms with Crippen molar-refractivity contribution in [2.75, 3.05) is 26.9 Å². The summed E-state index contributed by atoms with van der Waals surface area (Å²) < 4.78 is 16.6. The average Bonchev–Trinajstić information content (AvgIpc) is 2.98. The lowest BCUT2D eigenvalue weighted by atomic mass is 10.1. The number of methoxy groups -OCH3 is 1. The molecule has 1 heterocycles. The Labute approximate surface area is 127 Å². The fraction of sp³-hybridized carbons (Fsp3) is 0.647. The van der Waals surface area contributed by atoms with Crippen LogP contribution < -0.4 is 10.1 Å². The van der Waals surface area contributed by atoms with E-state index in [1.165, 1.54) is 5.56 Å². The van der Waals surface area contributed by atoms with Gasteiger partial charge in [0.2, 0.25) is 0 Å². The standard InChI is InChI=1S/C17H27NO3/c1-13(2)18-9-14-4-5-17(19-3)16(8-14)12-21-11-15-6-7-20-10-15/h4-5,8,13,15,18H,6-7,9-12H2,1-3H3. The summed E-state index contributed by atoms with van der Waals surface area (Å²) in [6.07, 6.45) is 1.11. The lowest BCUT2D eigenvalue weighted by Crippen LogP contribution is -2.21. The minimum absolute atomic E-state index is 0.481. The summed E-state index contributed by atoms with van der Waals surface area (Å²) >= 11 is 0. The van der Waals surface area contributed by atoms with E-state index < -0.39 is 0 Å². The Kier molecular flexibility index (Phi) is 6.49. The lowest BCUT2D eigenvalue weighted by molar-refractivity contribution is 0.0779. The molecule has 0 bridgehead atoms. The van der Waals surface area contributed by atoms with Gasteiger partial charge in [-0.15, -0.1) is 0 Å². The third-order valence-corrected chi connectivity index (χ3v) is 3.69. The van der Waals surface area contributed by atoms with E-state index in [2.05, 4.69) is 31.3 Å². The second-order valence-electron chi connectivity index (χ2n) is 5.93. The van der Waals surface area contributed by atoms with Crippen molar-refractivity contribution in [2.45, 2.75) is 39.5 Å². The summed E-state index contributed by atoms with van der Waals surface area (Å²) in [4.78, 5) is 0. The van der Waals surface area contributed by atoms with Gasteiger partial charge in [-0.3, -0.25) is 0 Å². The molecule has 0 amide bonds. The van der Waals surface area contributed by atoms with Crippen LogP contribution in [0, 0.1) is 5.92 Å². The Hall–Kier alpha value is -1.10. The van der Waals surface area contributed by atoms with Crippen LogP contribution in [0.3, 0.4) is 0 Å². The lowest BCUT2D eigenvalue weighted by Gasteiger charge is -2.14. The summed E-state index contributed by atoms with van der Waals surface area (Å²) in [7, 11) is 1.70. The van der Waals surface area contributed by atoms with Crippen molar-refractivity contribution in [3.8, 4) is 5.75 Å². The van der Waals surface area contributed by atoms with Crippen LogP contribution in [0.4, 0.5) is 0 Å². The summed E-state index contributed by atoms with van der Waals surface area (Å²) in [5.74, 6) is 1.44. The Morgan fingerprint density at radius 2 is 2.24 bits per heavy atom. The first kappa shape index (κ1) is 16.3. The van der Waals surface area contributed by atoms with Crippen molar-refractivity contribution in [1.82, 2.24) is 5.32 Å². The van der Waals surface area contributed by atoms with Gasteiger partial charge in [0.1, 0.15) is 5.75 Å². The summed E-state index contributed by atoms with van der Waals surface area (Å²) in [5.41, 5.74) is 2.37. The van der Waals surface area contributed by atoms with E-state index in [0.29, 0.717) is 18.6 Å². The van der Waals surface area contributed by atoms with Gasteiger partial charge in [0.25, 0.3) is 0 Å². The van der Waals surface area contributed by atoms with Crippen molar-refractivity contribution >= 4 is 0 Å². The Balaban J connectivity index is 1.89. The first-order valence-electron chi connectivity index (χ1n) is 7.73. The Morgan fingerprint density at radius 3 is 2.90 bits per heavy atom. The number of rotatable bonds is 8. The highest BCUT2D eigenvalue weighted by atomic mass is 16.5. The molecule has 1 saturated heterocycles. The molecule has 21 heavy (non-hydrogen) atoms. The van der Waals surface area contributed by atoms with Crippen molar-refractivity contribution < 1.29 is 14.2 Å². The number of hydrogen-bond acceptors (Lipinski definition) is 4. The predicted molar refractivity (Wildman–Crippen MR) is 83.6 cm³/mol. The van der Waals surface area contributed by atoms with Gasteiger partial charge in [0.15, 0.2) is 0 Å². The molecule has 0 aromatic heterocycles. The van der Waals surface area contributed by atoms with Crippen LogP contribution in [0.1, 0.15) is 31.4 Å². The first-order chi connectivity index (χ1) is 10.2. The molecule has 4 heteroatoms. The maximum absolute atomic E-state index is 5.85. The number of nitrogens with one attached hydrogen (secondary N) is 1. The Bertz CT molecular complexity index is 428. The number of ether oxygens (including phenoxy) is 3. The van der Waals surface area contributed by atoms with E-state index >= 15 is 0 Å². The number of hydrogen-bond donors (Lipinski definition) is 1. The maximum atomic E-state index is 5.85. The molecule has 1 N–H and O–H groups in total. The molecule has 0 aliphatic carbocycles. The van der Waals surface area contributed by atoms with E-state index in [0.717, 1.165) is 44.1 Å². The zero-order valence-electron chi connectivity index (χ0n) is 13.4. The van der Waals surface area contributed by atoms with Gasteiger partial charge in [-0.2, -0.15) is 0 Å². The van der Waals surface area contributed by atoms with Gasteiger partial charge in [-0.1, -0.05) is 19.9 Å². The molecule has 1 fully saturated rings. The molecule has 0 saturated carbocycles. The molecule has 1 unspecified atom stereocenters. The zero-order chi connectivity index (χ0) is 15.1. The molecule has 4 nitrogen and oxygen atoms in total. The van der Waals surface area contributed by atoms with Gasteiger partial charge in [0, 0.05) is 30.7 Å². The quantitative estimate of drug-likeness (QED) is 0.800. The summed E-state index contributed by atoms with van der Waals surface area (Å²) in [6.45, 7) is 8.22. The van der Waals surface area contributed by atoms with Gasteiger partial charge >= 0.3 is 0 Å². The summed E-state index contributed by atoms with van der Waals surface area (Å²) in [6, 6.07) is 6.77. The minimum atomic E-state index is 0.481. The maximum Gasteiger partial charge on any atom is 0.124 e. The molecular formula is C17H27NO3. The van der Waals surface area contributed by atoms with E-state index in [1.807, 2.05) is 6.07 Å². The highest BCUT2D eigenvalue weighted by Crippen LogP contribution is 2.22. The van der Waals surface area contributed by atoms with Crippen LogP contribution >= 0.6 is 0 Å². The second-order valence-corrected chi connectivity index (χ2v) is 5.93. The highest BCUT2D eigenvalue weighted by Gasteiger charge is 2.16. The molecule has 2 rings (SSSR count). The van der Waals surface area contributed by atoms with Gasteiger partial charge in [0.05, 0.1) is 26.9 Å². The van der Waals surface area contributed by atoms with Crippen LogP contribution in [0.2, 0.25) is 0 Å². The molecule has 1 atom stereocenters. The molecule has 1 aliphatic heterocycles. The molecular weight excluding hydrogens is 266 g/mol. The van der Waals surface area contributed by atoms with E-state index in [1.54, 1.807) is 7.11 Å². The zero-order valence-corrected chi connectivity index (χ0v) is 13.4. The molecule has 0 radical (unpaired) electrons. The smallest absolute Gasteiger partial charge is 0.124 e. The third-order valence-electron chi connectivity index (χ3n) is 3.69. The largest absolute Gasteiger partial charge is 0.496 e. The van der Waals surface area contributed by atoms with Gasteiger partial charge in [-0.25, -0.2) is 0 Å². The molecule has 1 aromatic carbocycles.